The van der Waals surface area contributed by atoms with Crippen molar-refractivity contribution in [3.05, 3.63) is 23.6 Å². The molecule has 0 fully saturated rings. The van der Waals surface area contributed by atoms with Crippen molar-refractivity contribution in [3.8, 4) is 0 Å². The maximum Gasteiger partial charge on any atom is 0.0411 e. The molecule has 0 amide bonds. The zero-order valence-corrected chi connectivity index (χ0v) is 4.10. The molecule has 1 heteroatoms. The average Bonchev–Trinajstić information content (AvgIpc) is 1.69. The molecule has 0 aliphatic carbocycles. The largest absolute Gasteiger partial charge is 0.205 e. The van der Waals surface area contributed by atoms with Gasteiger partial charge in [0.2, 0.25) is 0 Å². The van der Waals surface area contributed by atoms with Crippen molar-refractivity contribution in [2.24, 2.45) is 4.99 Å². The van der Waals surface area contributed by atoms with E-state index in [0.717, 1.165) is 5.57 Å². The van der Waals surface area contributed by atoms with Crippen molar-refractivity contribution >= 4 is 5.87 Å². The molecule has 0 radical (unpaired) electrons. The summed E-state index contributed by atoms with van der Waals surface area (Å²) in [6.45, 7) is 1.97. The summed E-state index contributed by atoms with van der Waals surface area (Å²) in [6, 6.07) is 0. The van der Waals surface area contributed by atoms with Gasteiger partial charge in [0.1, 0.15) is 0 Å². The Morgan fingerprint density at radius 3 is 2.86 bits per heavy atom. The van der Waals surface area contributed by atoms with Gasteiger partial charge in [-0.1, -0.05) is 0 Å². The van der Waals surface area contributed by atoms with Crippen LogP contribution in [0.3, 0.4) is 0 Å². The SMILES string of the molecule is CC1=CN=C=C=C1. The quantitative estimate of drug-likeness (QED) is 0.398. The molecule has 7 heavy (non-hydrogen) atoms. The van der Waals surface area contributed by atoms with E-state index >= 15 is 0 Å². The second-order valence-electron chi connectivity index (χ2n) is 1.40. The van der Waals surface area contributed by atoms with Crippen LogP contribution < -0.4 is 0 Å². The highest BCUT2D eigenvalue weighted by molar-refractivity contribution is 5.54. The van der Waals surface area contributed by atoms with Crippen LogP contribution in [-0.2, 0) is 0 Å². The van der Waals surface area contributed by atoms with Gasteiger partial charge in [0.05, 0.1) is 0 Å². The lowest BCUT2D eigenvalue weighted by molar-refractivity contribution is 1.43. The first-order valence-corrected chi connectivity index (χ1v) is 2.10. The Balaban J connectivity index is 3.02. The van der Waals surface area contributed by atoms with Gasteiger partial charge >= 0.3 is 0 Å². The van der Waals surface area contributed by atoms with Crippen LogP contribution in [0.4, 0.5) is 0 Å². The van der Waals surface area contributed by atoms with Gasteiger partial charge in [0.15, 0.2) is 0 Å². The summed E-state index contributed by atoms with van der Waals surface area (Å²) in [6.07, 6.45) is 3.59. The van der Waals surface area contributed by atoms with Gasteiger partial charge in [-0.05, 0) is 24.3 Å². The summed E-state index contributed by atoms with van der Waals surface area (Å²) in [5.74, 6) is 2.56. The highest BCUT2D eigenvalue weighted by Gasteiger charge is 1.77. The summed E-state index contributed by atoms with van der Waals surface area (Å²) in [5.41, 5.74) is 3.85. The molecule has 1 nitrogen and oxygen atoms in total. The van der Waals surface area contributed by atoms with Crippen LogP contribution in [0.15, 0.2) is 28.6 Å². The molecule has 0 saturated carbocycles. The van der Waals surface area contributed by atoms with Gasteiger partial charge in [0, 0.05) is 12.1 Å². The van der Waals surface area contributed by atoms with E-state index in [-0.39, 0.29) is 0 Å². The van der Waals surface area contributed by atoms with E-state index in [4.69, 9.17) is 0 Å². The van der Waals surface area contributed by atoms with Crippen molar-refractivity contribution in [2.45, 2.75) is 6.92 Å². The monoisotopic (exact) mass is 91.0 g/mol. The van der Waals surface area contributed by atoms with Crippen molar-refractivity contribution in [1.82, 2.24) is 0 Å². The summed E-state index contributed by atoms with van der Waals surface area (Å²) in [7, 11) is 0. The predicted molar refractivity (Wildman–Crippen MR) is 29.3 cm³/mol. The summed E-state index contributed by atoms with van der Waals surface area (Å²) in [4.78, 5) is 3.70. The predicted octanol–water partition coefficient (Wildman–Crippen LogP) is 1.28. The van der Waals surface area contributed by atoms with Crippen molar-refractivity contribution in [3.63, 3.8) is 0 Å². The Morgan fingerprint density at radius 2 is 2.57 bits per heavy atom. The Labute approximate surface area is 42.4 Å². The van der Waals surface area contributed by atoms with E-state index in [2.05, 4.69) is 16.6 Å². The van der Waals surface area contributed by atoms with E-state index in [1.807, 2.05) is 13.0 Å². The number of nitrogens with zero attached hydrogens (tertiary/aromatic N) is 1. The zero-order valence-electron chi connectivity index (χ0n) is 4.10. The molecule has 0 aromatic heterocycles. The summed E-state index contributed by atoms with van der Waals surface area (Å²) in [5, 5.41) is 0. The van der Waals surface area contributed by atoms with Gasteiger partial charge in [-0.3, -0.25) is 0 Å². The van der Waals surface area contributed by atoms with Gasteiger partial charge in [-0.25, -0.2) is 4.99 Å². The number of hydrogen-bond donors (Lipinski definition) is 0. The lowest BCUT2D eigenvalue weighted by Crippen LogP contribution is -1.66. The molecule has 0 saturated heterocycles. The Morgan fingerprint density at radius 1 is 1.71 bits per heavy atom. The van der Waals surface area contributed by atoms with Crippen LogP contribution in [0.2, 0.25) is 0 Å². The van der Waals surface area contributed by atoms with Crippen LogP contribution in [0.5, 0.6) is 0 Å². The fourth-order valence-corrected chi connectivity index (χ4v) is 0.355. The van der Waals surface area contributed by atoms with Crippen molar-refractivity contribution in [2.75, 3.05) is 0 Å². The molecule has 0 spiro atoms. The number of allylic oxidation sites excluding steroid dienone is 2. The fourth-order valence-electron chi connectivity index (χ4n) is 0.355. The Hall–Kier alpha value is -1.03. The van der Waals surface area contributed by atoms with Gasteiger partial charge in [-0.15, -0.1) is 0 Å². The van der Waals surface area contributed by atoms with Crippen LogP contribution >= 0.6 is 0 Å². The molecule has 0 aromatic rings. The normalized spacial score (nSPS) is 14.7. The Bertz CT molecular complexity index is 186. The smallest absolute Gasteiger partial charge is 0.0411 e. The zero-order chi connectivity index (χ0) is 5.11. The number of hydrogen-bond acceptors (Lipinski definition) is 1. The first-order valence-electron chi connectivity index (χ1n) is 2.10. The van der Waals surface area contributed by atoms with Crippen LogP contribution in [0.1, 0.15) is 6.92 Å². The molecule has 0 aromatic carbocycles. The van der Waals surface area contributed by atoms with Crippen molar-refractivity contribution in [1.29, 1.82) is 0 Å². The molecule has 1 heterocycles. The van der Waals surface area contributed by atoms with Crippen LogP contribution in [-0.4, -0.2) is 5.87 Å². The van der Waals surface area contributed by atoms with E-state index in [1.165, 1.54) is 0 Å². The Kier molecular flexibility index (Phi) is 0.953. The van der Waals surface area contributed by atoms with E-state index < -0.39 is 0 Å². The maximum absolute atomic E-state index is 3.70. The molecular weight excluding hydrogens is 86.1 g/mol. The molecule has 0 atom stereocenters. The average molecular weight is 91.1 g/mol. The molecule has 1 rings (SSSR count). The van der Waals surface area contributed by atoms with Gasteiger partial charge < -0.3 is 0 Å². The van der Waals surface area contributed by atoms with Crippen LogP contribution in [0, 0.1) is 0 Å². The number of aliphatic imine (C=N–C) groups is 1. The minimum atomic E-state index is 1.12. The maximum atomic E-state index is 3.70. The highest BCUT2D eigenvalue weighted by Crippen LogP contribution is 1.93. The molecular formula is C6H5N. The molecule has 1 aliphatic rings. The standard InChI is InChI=1S/C6H5N/c1-6-3-2-4-7-5-6/h3,5H,1H3. The van der Waals surface area contributed by atoms with Gasteiger partial charge in [-0.2, -0.15) is 0 Å². The minimum absolute atomic E-state index is 1.12. The third kappa shape index (κ3) is 0.902. The summed E-state index contributed by atoms with van der Waals surface area (Å²) >= 11 is 0. The molecule has 0 unspecified atom stereocenters. The first kappa shape index (κ1) is 4.14. The topological polar surface area (TPSA) is 12.4 Å². The van der Waals surface area contributed by atoms with E-state index in [1.54, 1.807) is 6.20 Å². The van der Waals surface area contributed by atoms with Crippen LogP contribution in [0.25, 0.3) is 0 Å². The summed E-state index contributed by atoms with van der Waals surface area (Å²) < 4.78 is 0. The minimum Gasteiger partial charge on any atom is -0.205 e. The molecule has 0 bridgehead atoms. The van der Waals surface area contributed by atoms with Crippen molar-refractivity contribution < 1.29 is 0 Å². The second kappa shape index (κ2) is 1.61. The second-order valence-corrected chi connectivity index (χ2v) is 1.40. The lowest BCUT2D eigenvalue weighted by atomic mass is 10.3. The first-order chi connectivity index (χ1) is 3.39. The molecule has 0 N–H and O–H groups in total. The molecule has 1 aliphatic heterocycles. The van der Waals surface area contributed by atoms with Gasteiger partial charge in [0.25, 0.3) is 0 Å². The third-order valence-corrected chi connectivity index (χ3v) is 0.697. The van der Waals surface area contributed by atoms with E-state index in [9.17, 15) is 0 Å². The van der Waals surface area contributed by atoms with E-state index in [0.29, 0.717) is 0 Å². The third-order valence-electron chi connectivity index (χ3n) is 0.697. The fraction of sp³-hybridized carbons (Fsp3) is 0.167. The highest BCUT2D eigenvalue weighted by atomic mass is 14.6. The lowest BCUT2D eigenvalue weighted by Gasteiger charge is -1.82. The number of rotatable bonds is 0. The molecule has 34 valence electrons.